The third-order valence-electron chi connectivity index (χ3n) is 7.11. The van der Waals surface area contributed by atoms with Gasteiger partial charge in [0, 0.05) is 24.8 Å². The Morgan fingerprint density at radius 2 is 2.03 bits per heavy atom. The predicted molar refractivity (Wildman–Crippen MR) is 133 cm³/mol. The van der Waals surface area contributed by atoms with Gasteiger partial charge in [-0.15, -0.1) is 0 Å². The summed E-state index contributed by atoms with van der Waals surface area (Å²) in [4.78, 5) is 31.7. The summed E-state index contributed by atoms with van der Waals surface area (Å²) in [7, 11) is 0. The number of rotatable bonds is 9. The summed E-state index contributed by atoms with van der Waals surface area (Å²) in [6, 6.07) is 13.6. The van der Waals surface area contributed by atoms with Gasteiger partial charge in [-0.3, -0.25) is 14.5 Å². The number of carbonyl (C=O) groups excluding carboxylic acids is 1. The Morgan fingerprint density at radius 3 is 2.82 bits per heavy atom. The number of carboxylic acids is 1. The molecule has 1 amide bonds. The molecule has 0 unspecified atom stereocenters. The van der Waals surface area contributed by atoms with Crippen LogP contribution in [0.2, 0.25) is 0 Å². The second kappa shape index (κ2) is 11.5. The first-order chi connectivity index (χ1) is 16.5. The number of hydrogen-bond acceptors (Lipinski definition) is 5. The van der Waals surface area contributed by atoms with E-state index in [1.165, 1.54) is 5.56 Å². The molecule has 1 aromatic heterocycles. The lowest BCUT2D eigenvalue weighted by Gasteiger charge is -2.38. The molecule has 2 aliphatic heterocycles. The standard InChI is InChI=1S/C27H36N4O3/c1-19-11-12-22(27(34)30-24(17-25(32)33)20-7-3-2-4-8-20)18-31(19)16-6-10-23-14-13-21-9-5-15-28-26(21)29-23/h2-4,7-8,13-14,19,22,24H,5-6,9-12,15-18H2,1H3,(H,28,29)(H,30,34)(H,32,33)/t19-,22+,24-/m0/s1. The van der Waals surface area contributed by atoms with Gasteiger partial charge in [0.25, 0.3) is 0 Å². The highest BCUT2D eigenvalue weighted by molar-refractivity contribution is 5.80. The number of anilines is 1. The minimum absolute atomic E-state index is 0.0468. The Bertz CT molecular complexity index is 981. The lowest BCUT2D eigenvalue weighted by atomic mass is 9.91. The topological polar surface area (TPSA) is 94.6 Å². The lowest BCUT2D eigenvalue weighted by Crippen LogP contribution is -2.48. The Kier molecular flexibility index (Phi) is 8.16. The average Bonchev–Trinajstić information content (AvgIpc) is 2.85. The van der Waals surface area contributed by atoms with Gasteiger partial charge in [0.1, 0.15) is 5.82 Å². The Labute approximate surface area is 202 Å². The van der Waals surface area contributed by atoms with Crippen LogP contribution in [0.1, 0.15) is 61.9 Å². The molecule has 3 N–H and O–H groups in total. The minimum atomic E-state index is -0.918. The van der Waals surface area contributed by atoms with E-state index in [4.69, 9.17) is 4.98 Å². The highest BCUT2D eigenvalue weighted by Gasteiger charge is 2.31. The molecular formula is C27H36N4O3. The van der Waals surface area contributed by atoms with E-state index in [9.17, 15) is 14.7 Å². The maximum Gasteiger partial charge on any atom is 0.305 e. The van der Waals surface area contributed by atoms with Gasteiger partial charge >= 0.3 is 5.97 Å². The molecule has 3 atom stereocenters. The fourth-order valence-electron chi connectivity index (χ4n) is 5.08. The molecule has 7 heteroatoms. The molecule has 0 saturated carbocycles. The number of hydrogen-bond donors (Lipinski definition) is 3. The van der Waals surface area contributed by atoms with Crippen LogP contribution in [0.25, 0.3) is 0 Å². The molecule has 0 bridgehead atoms. The first-order valence-corrected chi connectivity index (χ1v) is 12.5. The second-order valence-corrected chi connectivity index (χ2v) is 9.63. The molecule has 0 aliphatic carbocycles. The van der Waals surface area contributed by atoms with Crippen LogP contribution in [0.3, 0.4) is 0 Å². The number of amides is 1. The zero-order valence-electron chi connectivity index (χ0n) is 20.0. The fraction of sp³-hybridized carbons (Fsp3) is 0.519. The van der Waals surface area contributed by atoms with Gasteiger partial charge in [-0.05, 0) is 69.2 Å². The van der Waals surface area contributed by atoms with Crippen molar-refractivity contribution in [3.8, 4) is 0 Å². The van der Waals surface area contributed by atoms with Gasteiger partial charge in [0.05, 0.1) is 18.4 Å². The van der Waals surface area contributed by atoms with Gasteiger partial charge in [-0.25, -0.2) is 4.98 Å². The monoisotopic (exact) mass is 464 g/mol. The number of aryl methyl sites for hydroxylation is 2. The Hall–Kier alpha value is -2.93. The van der Waals surface area contributed by atoms with Crippen molar-refractivity contribution in [1.29, 1.82) is 0 Å². The summed E-state index contributed by atoms with van der Waals surface area (Å²) < 4.78 is 0. The van der Waals surface area contributed by atoms with E-state index in [0.29, 0.717) is 12.6 Å². The first kappa shape index (κ1) is 24.2. The number of piperidine rings is 1. The van der Waals surface area contributed by atoms with Crippen molar-refractivity contribution < 1.29 is 14.7 Å². The van der Waals surface area contributed by atoms with E-state index in [-0.39, 0.29) is 18.2 Å². The van der Waals surface area contributed by atoms with Crippen molar-refractivity contribution in [3.05, 3.63) is 59.3 Å². The smallest absolute Gasteiger partial charge is 0.305 e. The number of aromatic nitrogens is 1. The number of pyridine rings is 1. The van der Waals surface area contributed by atoms with E-state index in [0.717, 1.165) is 68.7 Å². The van der Waals surface area contributed by atoms with Crippen LogP contribution >= 0.6 is 0 Å². The molecule has 0 radical (unpaired) electrons. The van der Waals surface area contributed by atoms with Crippen molar-refractivity contribution in [2.75, 3.05) is 25.0 Å². The average molecular weight is 465 g/mol. The number of carbonyl (C=O) groups is 2. The summed E-state index contributed by atoms with van der Waals surface area (Å²) in [5.41, 5.74) is 3.25. The molecule has 1 aromatic carbocycles. The van der Waals surface area contributed by atoms with Crippen LogP contribution in [0.4, 0.5) is 5.82 Å². The number of aliphatic carboxylic acids is 1. The lowest BCUT2D eigenvalue weighted by molar-refractivity contribution is -0.138. The zero-order valence-corrected chi connectivity index (χ0v) is 20.0. The minimum Gasteiger partial charge on any atom is -0.481 e. The van der Waals surface area contributed by atoms with E-state index in [2.05, 4.69) is 34.6 Å². The van der Waals surface area contributed by atoms with Gasteiger partial charge in [0.2, 0.25) is 5.91 Å². The van der Waals surface area contributed by atoms with Crippen LogP contribution in [0, 0.1) is 5.92 Å². The molecule has 3 heterocycles. The second-order valence-electron chi connectivity index (χ2n) is 9.63. The quantitative estimate of drug-likeness (QED) is 0.523. The summed E-state index contributed by atoms with van der Waals surface area (Å²) in [6.45, 7) is 4.86. The number of likely N-dealkylation sites (tertiary alicyclic amines) is 1. The molecule has 1 saturated heterocycles. The number of benzene rings is 1. The van der Waals surface area contributed by atoms with Crippen LogP contribution < -0.4 is 10.6 Å². The normalized spacial score (nSPS) is 21.2. The van der Waals surface area contributed by atoms with E-state index >= 15 is 0 Å². The number of nitrogens with zero attached hydrogens (tertiary/aromatic N) is 2. The van der Waals surface area contributed by atoms with E-state index < -0.39 is 12.0 Å². The zero-order chi connectivity index (χ0) is 23.9. The van der Waals surface area contributed by atoms with Crippen molar-refractivity contribution in [3.63, 3.8) is 0 Å². The van der Waals surface area contributed by atoms with Gasteiger partial charge < -0.3 is 15.7 Å². The molecule has 4 rings (SSSR count). The molecule has 0 spiro atoms. The number of carboxylic acid groups (broad SMARTS) is 1. The van der Waals surface area contributed by atoms with E-state index in [1.54, 1.807) is 0 Å². The summed E-state index contributed by atoms with van der Waals surface area (Å²) in [5.74, 6) is -0.0445. The molecule has 1 fully saturated rings. The summed E-state index contributed by atoms with van der Waals surface area (Å²) >= 11 is 0. The van der Waals surface area contributed by atoms with Crippen LogP contribution in [-0.2, 0) is 22.4 Å². The highest BCUT2D eigenvalue weighted by Crippen LogP contribution is 2.25. The molecule has 2 aromatic rings. The van der Waals surface area contributed by atoms with Gasteiger partial charge in [0.15, 0.2) is 0 Å². The maximum absolute atomic E-state index is 13.1. The summed E-state index contributed by atoms with van der Waals surface area (Å²) in [6.07, 6.45) is 5.86. The first-order valence-electron chi connectivity index (χ1n) is 12.5. The van der Waals surface area contributed by atoms with E-state index in [1.807, 2.05) is 30.3 Å². The molecule has 34 heavy (non-hydrogen) atoms. The van der Waals surface area contributed by atoms with Crippen LogP contribution in [0.5, 0.6) is 0 Å². The van der Waals surface area contributed by atoms with Crippen molar-refractivity contribution in [1.82, 2.24) is 15.2 Å². The van der Waals surface area contributed by atoms with Crippen LogP contribution in [0.15, 0.2) is 42.5 Å². The molecule has 7 nitrogen and oxygen atoms in total. The van der Waals surface area contributed by atoms with Gasteiger partial charge in [-0.2, -0.15) is 0 Å². The van der Waals surface area contributed by atoms with Crippen molar-refractivity contribution in [2.45, 2.75) is 64.0 Å². The van der Waals surface area contributed by atoms with Crippen LogP contribution in [-0.4, -0.2) is 52.5 Å². The Morgan fingerprint density at radius 1 is 1.21 bits per heavy atom. The highest BCUT2D eigenvalue weighted by atomic mass is 16.4. The van der Waals surface area contributed by atoms with Crippen molar-refractivity contribution in [2.24, 2.45) is 5.92 Å². The van der Waals surface area contributed by atoms with Crippen molar-refractivity contribution >= 4 is 17.7 Å². The third kappa shape index (κ3) is 6.35. The largest absolute Gasteiger partial charge is 0.481 e. The number of nitrogens with one attached hydrogen (secondary N) is 2. The third-order valence-corrected chi connectivity index (χ3v) is 7.11. The number of fused-ring (bicyclic) bond motifs is 1. The molecule has 2 aliphatic rings. The molecule has 182 valence electrons. The predicted octanol–water partition coefficient (Wildman–Crippen LogP) is 3.81. The van der Waals surface area contributed by atoms with Gasteiger partial charge in [-0.1, -0.05) is 36.4 Å². The Balaban J connectivity index is 1.31. The maximum atomic E-state index is 13.1. The SMILES string of the molecule is C[C@H]1CC[C@@H](C(=O)N[C@@H](CC(=O)O)c2ccccc2)CN1CCCc1ccc2c(n1)NCCC2. The molecular weight excluding hydrogens is 428 g/mol. The fourth-order valence-corrected chi connectivity index (χ4v) is 5.08. The summed E-state index contributed by atoms with van der Waals surface area (Å²) in [5, 5.41) is 15.8.